The summed E-state index contributed by atoms with van der Waals surface area (Å²) < 4.78 is 0. The van der Waals surface area contributed by atoms with Gasteiger partial charge in [-0.1, -0.05) is 6.07 Å². The Morgan fingerprint density at radius 1 is 1.08 bits per heavy atom. The van der Waals surface area contributed by atoms with Crippen LogP contribution in [0.25, 0.3) is 0 Å². The highest BCUT2D eigenvalue weighted by molar-refractivity contribution is 5.92. The van der Waals surface area contributed by atoms with Crippen LogP contribution in [0.3, 0.4) is 0 Å². The number of amides is 1. The Kier molecular flexibility index (Phi) is 6.26. The van der Waals surface area contributed by atoms with E-state index in [0.29, 0.717) is 18.1 Å². The molecule has 2 rings (SSSR count). The second kappa shape index (κ2) is 8.40. The van der Waals surface area contributed by atoms with Gasteiger partial charge in [-0.05, 0) is 64.2 Å². The average molecular weight is 327 g/mol. The van der Waals surface area contributed by atoms with Crippen LogP contribution in [0.5, 0.6) is 0 Å². The molecular weight excluding hydrogens is 302 g/mol. The third-order valence-corrected chi connectivity index (χ3v) is 3.46. The SMILES string of the molecule is Cc1cc(C)cc(Nc2cc(C(=O)NCCCN(C)C)ncn2)c1. The number of hydrogen-bond donors (Lipinski definition) is 2. The lowest BCUT2D eigenvalue weighted by Gasteiger charge is -2.10. The van der Waals surface area contributed by atoms with Gasteiger partial charge in [0.2, 0.25) is 0 Å². The maximum atomic E-state index is 12.2. The van der Waals surface area contributed by atoms with Gasteiger partial charge in [-0.3, -0.25) is 4.79 Å². The van der Waals surface area contributed by atoms with Crippen molar-refractivity contribution in [3.05, 3.63) is 47.4 Å². The molecule has 0 saturated heterocycles. The van der Waals surface area contributed by atoms with E-state index in [9.17, 15) is 4.79 Å². The molecule has 0 atom stereocenters. The van der Waals surface area contributed by atoms with Crippen LogP contribution in [0, 0.1) is 13.8 Å². The molecule has 0 aliphatic carbocycles. The zero-order valence-electron chi connectivity index (χ0n) is 14.8. The van der Waals surface area contributed by atoms with E-state index >= 15 is 0 Å². The summed E-state index contributed by atoms with van der Waals surface area (Å²) in [5.41, 5.74) is 3.65. The maximum absolute atomic E-state index is 12.2. The van der Waals surface area contributed by atoms with E-state index in [1.807, 2.05) is 40.1 Å². The minimum Gasteiger partial charge on any atom is -0.351 e. The van der Waals surface area contributed by atoms with Crippen LogP contribution in [-0.2, 0) is 0 Å². The predicted octanol–water partition coefficient (Wildman–Crippen LogP) is 2.52. The van der Waals surface area contributed by atoms with Crippen molar-refractivity contribution >= 4 is 17.4 Å². The second-order valence-electron chi connectivity index (χ2n) is 6.20. The standard InChI is InChI=1S/C18H25N5O/c1-13-8-14(2)10-15(9-13)22-17-11-16(20-12-21-17)18(24)19-6-5-7-23(3)4/h8-12H,5-7H2,1-4H3,(H,19,24)(H,20,21,22). The number of aromatic nitrogens is 2. The fourth-order valence-electron chi connectivity index (χ4n) is 2.43. The summed E-state index contributed by atoms with van der Waals surface area (Å²) in [6.45, 7) is 5.65. The molecule has 6 nitrogen and oxygen atoms in total. The van der Waals surface area contributed by atoms with Crippen molar-refractivity contribution in [3.63, 3.8) is 0 Å². The van der Waals surface area contributed by atoms with Gasteiger partial charge in [0.15, 0.2) is 0 Å². The van der Waals surface area contributed by atoms with Crippen molar-refractivity contribution < 1.29 is 4.79 Å². The molecule has 0 fully saturated rings. The van der Waals surface area contributed by atoms with Crippen LogP contribution in [0.4, 0.5) is 11.5 Å². The third-order valence-electron chi connectivity index (χ3n) is 3.46. The molecule has 128 valence electrons. The first-order valence-corrected chi connectivity index (χ1v) is 8.04. The smallest absolute Gasteiger partial charge is 0.270 e. The molecule has 2 aromatic rings. The Balaban J connectivity index is 1.99. The zero-order valence-corrected chi connectivity index (χ0v) is 14.8. The molecule has 0 radical (unpaired) electrons. The largest absolute Gasteiger partial charge is 0.351 e. The van der Waals surface area contributed by atoms with E-state index in [-0.39, 0.29) is 5.91 Å². The number of nitrogens with one attached hydrogen (secondary N) is 2. The molecule has 0 saturated carbocycles. The number of carbonyl (C=O) groups excluding carboxylic acids is 1. The van der Waals surface area contributed by atoms with Crippen LogP contribution in [0.15, 0.2) is 30.6 Å². The van der Waals surface area contributed by atoms with Crippen LogP contribution in [0.1, 0.15) is 28.0 Å². The second-order valence-corrected chi connectivity index (χ2v) is 6.20. The van der Waals surface area contributed by atoms with Gasteiger partial charge in [0.1, 0.15) is 17.8 Å². The number of aryl methyl sites for hydroxylation is 2. The van der Waals surface area contributed by atoms with Crippen LogP contribution in [0.2, 0.25) is 0 Å². The summed E-state index contributed by atoms with van der Waals surface area (Å²) in [6, 6.07) is 7.85. The number of benzene rings is 1. The Bertz CT molecular complexity index is 679. The van der Waals surface area contributed by atoms with Gasteiger partial charge < -0.3 is 15.5 Å². The first-order valence-electron chi connectivity index (χ1n) is 8.04. The van der Waals surface area contributed by atoms with Crippen molar-refractivity contribution in [2.45, 2.75) is 20.3 Å². The first-order chi connectivity index (χ1) is 11.4. The number of carbonyl (C=O) groups is 1. The number of nitrogens with zero attached hydrogens (tertiary/aromatic N) is 3. The summed E-state index contributed by atoms with van der Waals surface area (Å²) in [6.07, 6.45) is 2.30. The molecule has 0 bridgehead atoms. The Morgan fingerprint density at radius 2 is 1.79 bits per heavy atom. The number of rotatable bonds is 7. The van der Waals surface area contributed by atoms with Gasteiger partial charge >= 0.3 is 0 Å². The highest BCUT2D eigenvalue weighted by Gasteiger charge is 2.08. The minimum atomic E-state index is -0.181. The van der Waals surface area contributed by atoms with Crippen molar-refractivity contribution in [2.75, 3.05) is 32.5 Å². The molecule has 24 heavy (non-hydrogen) atoms. The van der Waals surface area contributed by atoms with Gasteiger partial charge in [0, 0.05) is 18.3 Å². The van der Waals surface area contributed by atoms with Gasteiger partial charge in [0.25, 0.3) is 5.91 Å². The summed E-state index contributed by atoms with van der Waals surface area (Å²) in [7, 11) is 4.02. The normalized spacial score (nSPS) is 10.7. The average Bonchev–Trinajstić information content (AvgIpc) is 2.50. The molecular formula is C18H25N5O. The molecule has 2 N–H and O–H groups in total. The van der Waals surface area contributed by atoms with Gasteiger partial charge in [-0.15, -0.1) is 0 Å². The summed E-state index contributed by atoms with van der Waals surface area (Å²) in [5.74, 6) is 0.424. The maximum Gasteiger partial charge on any atom is 0.270 e. The topological polar surface area (TPSA) is 70.2 Å². The van der Waals surface area contributed by atoms with Gasteiger partial charge in [-0.25, -0.2) is 9.97 Å². The molecule has 0 aliphatic rings. The number of hydrogen-bond acceptors (Lipinski definition) is 5. The van der Waals surface area contributed by atoms with Gasteiger partial charge in [-0.2, -0.15) is 0 Å². The first kappa shape index (κ1) is 17.9. The summed E-state index contributed by atoms with van der Waals surface area (Å²) >= 11 is 0. The molecule has 6 heteroatoms. The van der Waals surface area contributed by atoms with Crippen molar-refractivity contribution in [3.8, 4) is 0 Å². The Hall–Kier alpha value is -2.47. The quantitative estimate of drug-likeness (QED) is 0.765. The zero-order chi connectivity index (χ0) is 17.5. The van der Waals surface area contributed by atoms with Crippen molar-refractivity contribution in [1.82, 2.24) is 20.2 Å². The van der Waals surface area contributed by atoms with E-state index in [1.165, 1.54) is 17.5 Å². The molecule has 0 aliphatic heterocycles. The van der Waals surface area contributed by atoms with Crippen molar-refractivity contribution in [2.24, 2.45) is 0 Å². The highest BCUT2D eigenvalue weighted by Crippen LogP contribution is 2.18. The fourth-order valence-corrected chi connectivity index (χ4v) is 2.43. The van der Waals surface area contributed by atoms with Crippen LogP contribution in [-0.4, -0.2) is 48.0 Å². The molecule has 1 amide bonds. The van der Waals surface area contributed by atoms with E-state index in [4.69, 9.17) is 0 Å². The Labute approximate surface area is 143 Å². The van der Waals surface area contributed by atoms with Gasteiger partial charge in [0.05, 0.1) is 0 Å². The molecule has 1 aromatic carbocycles. The lowest BCUT2D eigenvalue weighted by molar-refractivity contribution is 0.0947. The van der Waals surface area contributed by atoms with E-state index < -0.39 is 0 Å². The van der Waals surface area contributed by atoms with Crippen LogP contribution >= 0.6 is 0 Å². The molecule has 0 unspecified atom stereocenters. The summed E-state index contributed by atoms with van der Waals surface area (Å²) in [5, 5.41) is 6.11. The lowest BCUT2D eigenvalue weighted by Crippen LogP contribution is -2.27. The highest BCUT2D eigenvalue weighted by atomic mass is 16.1. The Morgan fingerprint density at radius 3 is 2.46 bits per heavy atom. The van der Waals surface area contributed by atoms with Crippen molar-refractivity contribution in [1.29, 1.82) is 0 Å². The monoisotopic (exact) mass is 327 g/mol. The molecule has 1 aromatic heterocycles. The molecule has 0 spiro atoms. The van der Waals surface area contributed by atoms with E-state index in [1.54, 1.807) is 6.07 Å². The van der Waals surface area contributed by atoms with E-state index in [2.05, 4.69) is 31.6 Å². The third kappa shape index (κ3) is 5.62. The summed E-state index contributed by atoms with van der Waals surface area (Å²) in [4.78, 5) is 22.5. The predicted molar refractivity (Wildman–Crippen MR) is 96.7 cm³/mol. The van der Waals surface area contributed by atoms with Crippen LogP contribution < -0.4 is 10.6 Å². The fraction of sp³-hybridized carbons (Fsp3) is 0.389. The lowest BCUT2D eigenvalue weighted by atomic mass is 10.1. The van der Waals surface area contributed by atoms with E-state index in [0.717, 1.165) is 18.7 Å². The molecule has 1 heterocycles. The number of anilines is 2. The minimum absolute atomic E-state index is 0.181.